The zero-order valence-electron chi connectivity index (χ0n) is 12.5. The van der Waals surface area contributed by atoms with Gasteiger partial charge in [-0.1, -0.05) is 25.4 Å². The highest BCUT2D eigenvalue weighted by molar-refractivity contribution is 5.05. The second-order valence-electron chi connectivity index (χ2n) is 6.30. The first-order chi connectivity index (χ1) is 9.13. The Morgan fingerprint density at radius 3 is 2.89 bits per heavy atom. The maximum Gasteiger partial charge on any atom is 0.151 e. The number of rotatable bonds is 8. The molecule has 1 heterocycles. The molecule has 1 aromatic rings. The molecule has 0 radical (unpaired) electrons. The third-order valence-electron chi connectivity index (χ3n) is 3.69. The standard InChI is InChI=1S/C15H27N3O/c1-12(2)8-16-9-14-7-15(19-17-14)11-18(3)10-13-5-4-6-13/h7,12-13,16H,4-6,8-11H2,1-3H3. The van der Waals surface area contributed by atoms with E-state index in [-0.39, 0.29) is 0 Å². The van der Waals surface area contributed by atoms with Crippen LogP contribution in [0.3, 0.4) is 0 Å². The predicted octanol–water partition coefficient (Wildman–Crippen LogP) is 2.65. The van der Waals surface area contributed by atoms with Gasteiger partial charge in [0.05, 0.1) is 12.2 Å². The van der Waals surface area contributed by atoms with Gasteiger partial charge in [0.15, 0.2) is 5.76 Å². The molecule has 1 fully saturated rings. The number of hydrogen-bond acceptors (Lipinski definition) is 4. The molecule has 0 spiro atoms. The normalized spacial score (nSPS) is 16.3. The van der Waals surface area contributed by atoms with Crippen LogP contribution in [0.1, 0.15) is 44.6 Å². The quantitative estimate of drug-likeness (QED) is 0.784. The molecular formula is C15H27N3O. The van der Waals surface area contributed by atoms with Crippen molar-refractivity contribution in [2.75, 3.05) is 20.1 Å². The summed E-state index contributed by atoms with van der Waals surface area (Å²) in [7, 11) is 2.16. The first-order valence-corrected chi connectivity index (χ1v) is 7.47. The van der Waals surface area contributed by atoms with Crippen molar-refractivity contribution in [3.63, 3.8) is 0 Å². The SMILES string of the molecule is CC(C)CNCc1cc(CN(C)CC2CCC2)on1. The minimum absolute atomic E-state index is 0.667. The Morgan fingerprint density at radius 1 is 1.47 bits per heavy atom. The topological polar surface area (TPSA) is 41.3 Å². The molecule has 19 heavy (non-hydrogen) atoms. The van der Waals surface area contributed by atoms with Gasteiger partial charge >= 0.3 is 0 Å². The summed E-state index contributed by atoms with van der Waals surface area (Å²) < 4.78 is 5.39. The molecule has 108 valence electrons. The Hall–Kier alpha value is -0.870. The molecule has 0 atom stereocenters. The lowest BCUT2D eigenvalue weighted by Crippen LogP contribution is -2.28. The summed E-state index contributed by atoms with van der Waals surface area (Å²) >= 11 is 0. The van der Waals surface area contributed by atoms with E-state index in [0.29, 0.717) is 5.92 Å². The van der Waals surface area contributed by atoms with Crippen LogP contribution in [0.15, 0.2) is 10.6 Å². The van der Waals surface area contributed by atoms with Crippen LogP contribution in [0.5, 0.6) is 0 Å². The largest absolute Gasteiger partial charge is 0.360 e. The van der Waals surface area contributed by atoms with E-state index in [1.165, 1.54) is 25.8 Å². The van der Waals surface area contributed by atoms with Crippen LogP contribution in [-0.4, -0.2) is 30.2 Å². The van der Waals surface area contributed by atoms with E-state index in [1.807, 2.05) is 0 Å². The Bertz CT molecular complexity index is 371. The Morgan fingerprint density at radius 2 is 2.26 bits per heavy atom. The summed E-state index contributed by atoms with van der Waals surface area (Å²) in [5, 5.41) is 7.50. The van der Waals surface area contributed by atoms with Crippen LogP contribution in [0.2, 0.25) is 0 Å². The molecule has 1 saturated carbocycles. The van der Waals surface area contributed by atoms with Crippen molar-refractivity contribution in [3.8, 4) is 0 Å². The highest BCUT2D eigenvalue weighted by Gasteiger charge is 2.19. The van der Waals surface area contributed by atoms with Crippen LogP contribution >= 0.6 is 0 Å². The maximum atomic E-state index is 5.39. The smallest absolute Gasteiger partial charge is 0.151 e. The van der Waals surface area contributed by atoms with Gasteiger partial charge in [0.25, 0.3) is 0 Å². The molecule has 4 heteroatoms. The summed E-state index contributed by atoms with van der Waals surface area (Å²) in [5.74, 6) is 2.54. The van der Waals surface area contributed by atoms with Gasteiger partial charge in [-0.3, -0.25) is 4.90 Å². The molecule has 1 aliphatic rings. The van der Waals surface area contributed by atoms with Gasteiger partial charge in [0, 0.05) is 19.2 Å². The van der Waals surface area contributed by atoms with Crippen LogP contribution in [0, 0.1) is 11.8 Å². The summed E-state index contributed by atoms with van der Waals surface area (Å²) in [6, 6.07) is 2.07. The van der Waals surface area contributed by atoms with Gasteiger partial charge in [-0.2, -0.15) is 0 Å². The zero-order valence-corrected chi connectivity index (χ0v) is 12.5. The summed E-state index contributed by atoms with van der Waals surface area (Å²) in [6.07, 6.45) is 4.20. The fourth-order valence-corrected chi connectivity index (χ4v) is 2.45. The number of hydrogen-bond donors (Lipinski definition) is 1. The third kappa shape index (κ3) is 4.96. The molecule has 1 aromatic heterocycles. The van der Waals surface area contributed by atoms with Crippen molar-refractivity contribution >= 4 is 0 Å². The van der Waals surface area contributed by atoms with Gasteiger partial charge in [0.1, 0.15) is 0 Å². The Kier molecular flexibility index (Phi) is 5.40. The van der Waals surface area contributed by atoms with E-state index in [0.717, 1.165) is 37.0 Å². The van der Waals surface area contributed by atoms with E-state index in [4.69, 9.17) is 4.52 Å². The molecule has 4 nitrogen and oxygen atoms in total. The molecule has 0 aromatic carbocycles. The van der Waals surface area contributed by atoms with Crippen LogP contribution in [-0.2, 0) is 13.1 Å². The molecule has 1 N–H and O–H groups in total. The van der Waals surface area contributed by atoms with Gasteiger partial charge in [-0.25, -0.2) is 0 Å². The lowest BCUT2D eigenvalue weighted by Gasteiger charge is -2.29. The van der Waals surface area contributed by atoms with Gasteiger partial charge < -0.3 is 9.84 Å². The summed E-state index contributed by atoms with van der Waals surface area (Å²) in [4.78, 5) is 2.34. The van der Waals surface area contributed by atoms with Crippen molar-refractivity contribution in [2.24, 2.45) is 11.8 Å². The second kappa shape index (κ2) is 7.06. The zero-order chi connectivity index (χ0) is 13.7. The molecule has 2 rings (SSSR count). The van der Waals surface area contributed by atoms with Crippen molar-refractivity contribution in [2.45, 2.75) is 46.2 Å². The maximum absolute atomic E-state index is 5.39. The van der Waals surface area contributed by atoms with Crippen molar-refractivity contribution in [3.05, 3.63) is 17.5 Å². The molecule has 0 saturated heterocycles. The summed E-state index contributed by atoms with van der Waals surface area (Å²) in [6.45, 7) is 8.28. The average molecular weight is 265 g/mol. The predicted molar refractivity (Wildman–Crippen MR) is 76.7 cm³/mol. The van der Waals surface area contributed by atoms with E-state index < -0.39 is 0 Å². The van der Waals surface area contributed by atoms with E-state index in [2.05, 4.69) is 42.3 Å². The minimum atomic E-state index is 0.667. The average Bonchev–Trinajstić information content (AvgIpc) is 2.71. The fourth-order valence-electron chi connectivity index (χ4n) is 2.45. The van der Waals surface area contributed by atoms with E-state index in [1.54, 1.807) is 0 Å². The molecule has 1 aliphatic carbocycles. The first kappa shape index (κ1) is 14.5. The van der Waals surface area contributed by atoms with Crippen molar-refractivity contribution in [1.82, 2.24) is 15.4 Å². The fraction of sp³-hybridized carbons (Fsp3) is 0.800. The van der Waals surface area contributed by atoms with E-state index in [9.17, 15) is 0 Å². The summed E-state index contributed by atoms with van der Waals surface area (Å²) in [5.41, 5.74) is 1.01. The monoisotopic (exact) mass is 265 g/mol. The van der Waals surface area contributed by atoms with Crippen molar-refractivity contribution in [1.29, 1.82) is 0 Å². The van der Waals surface area contributed by atoms with Gasteiger partial charge in [-0.15, -0.1) is 0 Å². The first-order valence-electron chi connectivity index (χ1n) is 7.47. The van der Waals surface area contributed by atoms with Crippen LogP contribution in [0.25, 0.3) is 0 Å². The third-order valence-corrected chi connectivity index (χ3v) is 3.69. The molecule has 0 unspecified atom stereocenters. The molecule has 0 aliphatic heterocycles. The number of aromatic nitrogens is 1. The van der Waals surface area contributed by atoms with Crippen molar-refractivity contribution < 1.29 is 4.52 Å². The molecule has 0 amide bonds. The Labute approximate surface area is 116 Å². The Balaban J connectivity index is 1.70. The highest BCUT2D eigenvalue weighted by atomic mass is 16.5. The second-order valence-corrected chi connectivity index (χ2v) is 6.30. The lowest BCUT2D eigenvalue weighted by atomic mass is 9.85. The van der Waals surface area contributed by atoms with Gasteiger partial charge in [-0.05, 0) is 38.3 Å². The van der Waals surface area contributed by atoms with Gasteiger partial charge in [0.2, 0.25) is 0 Å². The molecule has 0 bridgehead atoms. The molecular weight excluding hydrogens is 238 g/mol. The van der Waals surface area contributed by atoms with Crippen LogP contribution in [0.4, 0.5) is 0 Å². The number of nitrogens with one attached hydrogen (secondary N) is 1. The van der Waals surface area contributed by atoms with Crippen LogP contribution < -0.4 is 5.32 Å². The lowest BCUT2D eigenvalue weighted by molar-refractivity contribution is 0.186. The minimum Gasteiger partial charge on any atom is -0.360 e. The van der Waals surface area contributed by atoms with E-state index >= 15 is 0 Å². The number of nitrogens with zero attached hydrogens (tertiary/aromatic N) is 2. The highest BCUT2D eigenvalue weighted by Crippen LogP contribution is 2.27.